The molecule has 2 N–H and O–H groups in total. The first kappa shape index (κ1) is 17.4. The fraction of sp³-hybridized carbons (Fsp3) is 0.222. The molecule has 0 saturated carbocycles. The lowest BCUT2D eigenvalue weighted by Gasteiger charge is -2.08. The lowest BCUT2D eigenvalue weighted by molar-refractivity contribution is -0.124. The normalized spacial score (nSPS) is 10.5. The standard InChI is InChI=1S/C18H20N6O2/c25-17(4-1-11-23-12-2-9-20-23)19-14-18(26)22-15-5-7-16(8-6-15)24-13-3-10-21-24/h2-3,5-10,12-13H,1,4,11,14H2,(H,19,25)(H,22,26). The molecule has 0 bridgehead atoms. The number of benzene rings is 1. The minimum atomic E-state index is -0.266. The van der Waals surface area contributed by atoms with Crippen molar-refractivity contribution < 1.29 is 9.59 Å². The van der Waals surface area contributed by atoms with Gasteiger partial charge < -0.3 is 10.6 Å². The Hall–Kier alpha value is -3.42. The van der Waals surface area contributed by atoms with Gasteiger partial charge in [0.25, 0.3) is 0 Å². The van der Waals surface area contributed by atoms with Crippen LogP contribution < -0.4 is 10.6 Å². The average molecular weight is 352 g/mol. The molecule has 2 aromatic heterocycles. The Morgan fingerprint density at radius 2 is 1.73 bits per heavy atom. The number of nitrogens with zero attached hydrogens (tertiary/aromatic N) is 4. The van der Waals surface area contributed by atoms with Crippen LogP contribution in [0.3, 0.4) is 0 Å². The lowest BCUT2D eigenvalue weighted by Crippen LogP contribution is -2.32. The molecule has 0 saturated heterocycles. The highest BCUT2D eigenvalue weighted by molar-refractivity contribution is 5.94. The quantitative estimate of drug-likeness (QED) is 0.644. The summed E-state index contributed by atoms with van der Waals surface area (Å²) in [6.45, 7) is 0.622. The van der Waals surface area contributed by atoms with E-state index in [1.165, 1.54) is 0 Å². The van der Waals surface area contributed by atoms with Crippen LogP contribution in [-0.2, 0) is 16.1 Å². The number of carbonyl (C=O) groups excluding carboxylic acids is 2. The highest BCUT2D eigenvalue weighted by Gasteiger charge is 2.06. The molecule has 2 heterocycles. The predicted molar refractivity (Wildman–Crippen MR) is 96.7 cm³/mol. The van der Waals surface area contributed by atoms with Gasteiger partial charge in [-0.25, -0.2) is 4.68 Å². The second-order valence-corrected chi connectivity index (χ2v) is 5.70. The number of hydrogen-bond acceptors (Lipinski definition) is 4. The predicted octanol–water partition coefficient (Wildman–Crippen LogP) is 1.60. The Labute approximate surface area is 150 Å². The van der Waals surface area contributed by atoms with Crippen LogP contribution in [0, 0.1) is 0 Å². The maximum absolute atomic E-state index is 11.9. The maximum atomic E-state index is 11.9. The fourth-order valence-electron chi connectivity index (χ4n) is 2.43. The van der Waals surface area contributed by atoms with Gasteiger partial charge in [-0.2, -0.15) is 10.2 Å². The summed E-state index contributed by atoms with van der Waals surface area (Å²) in [4.78, 5) is 23.7. The van der Waals surface area contributed by atoms with Crippen molar-refractivity contribution in [3.8, 4) is 5.69 Å². The zero-order valence-corrected chi connectivity index (χ0v) is 14.2. The van der Waals surface area contributed by atoms with E-state index >= 15 is 0 Å². The topological polar surface area (TPSA) is 93.8 Å². The van der Waals surface area contributed by atoms with Crippen molar-refractivity contribution in [2.45, 2.75) is 19.4 Å². The van der Waals surface area contributed by atoms with E-state index in [0.717, 1.165) is 5.69 Å². The third kappa shape index (κ3) is 5.04. The minimum absolute atomic E-state index is 0.0541. The van der Waals surface area contributed by atoms with Gasteiger partial charge in [-0.15, -0.1) is 0 Å². The Morgan fingerprint density at radius 3 is 2.42 bits per heavy atom. The molecule has 8 nitrogen and oxygen atoms in total. The molecule has 0 atom stereocenters. The van der Waals surface area contributed by atoms with Gasteiger partial charge in [0.15, 0.2) is 0 Å². The molecule has 2 amide bonds. The van der Waals surface area contributed by atoms with Crippen molar-refractivity contribution in [2.24, 2.45) is 0 Å². The van der Waals surface area contributed by atoms with E-state index in [-0.39, 0.29) is 18.4 Å². The Morgan fingerprint density at radius 1 is 0.962 bits per heavy atom. The van der Waals surface area contributed by atoms with Crippen LogP contribution in [0.5, 0.6) is 0 Å². The highest BCUT2D eigenvalue weighted by Crippen LogP contribution is 2.12. The fourth-order valence-corrected chi connectivity index (χ4v) is 2.43. The molecule has 26 heavy (non-hydrogen) atoms. The van der Waals surface area contributed by atoms with E-state index in [9.17, 15) is 9.59 Å². The number of rotatable bonds is 8. The van der Waals surface area contributed by atoms with Crippen LogP contribution in [0.1, 0.15) is 12.8 Å². The van der Waals surface area contributed by atoms with E-state index in [1.54, 1.807) is 33.9 Å². The molecule has 0 aliphatic rings. The number of carbonyl (C=O) groups is 2. The lowest BCUT2D eigenvalue weighted by atomic mass is 10.2. The number of nitrogens with one attached hydrogen (secondary N) is 2. The average Bonchev–Trinajstić information content (AvgIpc) is 3.34. The third-order valence-electron chi connectivity index (χ3n) is 3.72. The van der Waals surface area contributed by atoms with E-state index < -0.39 is 0 Å². The SMILES string of the molecule is O=C(CCCn1cccn1)NCC(=O)Nc1ccc(-n2cccn2)cc1. The van der Waals surface area contributed by atoms with Crippen molar-refractivity contribution in [2.75, 3.05) is 11.9 Å². The van der Waals surface area contributed by atoms with Crippen LogP contribution in [0.2, 0.25) is 0 Å². The van der Waals surface area contributed by atoms with E-state index in [2.05, 4.69) is 20.8 Å². The number of amides is 2. The van der Waals surface area contributed by atoms with Gasteiger partial charge >= 0.3 is 0 Å². The van der Waals surface area contributed by atoms with Crippen molar-refractivity contribution in [3.05, 3.63) is 61.2 Å². The number of aryl methyl sites for hydroxylation is 1. The molecule has 1 aromatic carbocycles. The van der Waals surface area contributed by atoms with Gasteiger partial charge in [0.1, 0.15) is 0 Å². The molecule has 8 heteroatoms. The van der Waals surface area contributed by atoms with Crippen molar-refractivity contribution in [3.63, 3.8) is 0 Å². The summed E-state index contributed by atoms with van der Waals surface area (Å²) in [5.74, 6) is -0.418. The summed E-state index contributed by atoms with van der Waals surface area (Å²) in [6, 6.07) is 11.0. The molecule has 3 rings (SSSR count). The largest absolute Gasteiger partial charge is 0.347 e. The van der Waals surface area contributed by atoms with Gasteiger partial charge in [0.05, 0.1) is 12.2 Å². The molecule has 0 aliphatic heterocycles. The van der Waals surface area contributed by atoms with Gasteiger partial charge in [0.2, 0.25) is 11.8 Å². The molecule has 0 fully saturated rings. The smallest absolute Gasteiger partial charge is 0.243 e. The zero-order valence-electron chi connectivity index (χ0n) is 14.2. The zero-order chi connectivity index (χ0) is 18.2. The summed E-state index contributed by atoms with van der Waals surface area (Å²) in [6.07, 6.45) is 8.12. The summed E-state index contributed by atoms with van der Waals surface area (Å²) in [5, 5.41) is 13.6. The summed E-state index contributed by atoms with van der Waals surface area (Å²) < 4.78 is 3.50. The molecular formula is C18H20N6O2. The molecular weight excluding hydrogens is 332 g/mol. The monoisotopic (exact) mass is 352 g/mol. The molecule has 134 valence electrons. The summed E-state index contributed by atoms with van der Waals surface area (Å²) in [7, 11) is 0. The van der Waals surface area contributed by atoms with Gasteiger partial charge in [-0.05, 0) is 42.8 Å². The van der Waals surface area contributed by atoms with Crippen molar-refractivity contribution >= 4 is 17.5 Å². The number of anilines is 1. The second-order valence-electron chi connectivity index (χ2n) is 5.70. The van der Waals surface area contributed by atoms with Crippen LogP contribution in [0.25, 0.3) is 5.69 Å². The van der Waals surface area contributed by atoms with Crippen molar-refractivity contribution in [1.82, 2.24) is 24.9 Å². The Bertz CT molecular complexity index is 825. The summed E-state index contributed by atoms with van der Waals surface area (Å²) >= 11 is 0. The molecule has 0 spiro atoms. The highest BCUT2D eigenvalue weighted by atomic mass is 16.2. The van der Waals surface area contributed by atoms with Gasteiger partial charge in [0, 0.05) is 43.4 Å². The second kappa shape index (κ2) is 8.61. The molecule has 0 unspecified atom stereocenters. The third-order valence-corrected chi connectivity index (χ3v) is 3.72. The van der Waals surface area contributed by atoms with Crippen LogP contribution in [0.15, 0.2) is 61.2 Å². The van der Waals surface area contributed by atoms with Crippen molar-refractivity contribution in [1.29, 1.82) is 0 Å². The molecule has 3 aromatic rings. The van der Waals surface area contributed by atoms with E-state index in [0.29, 0.717) is 25.1 Å². The van der Waals surface area contributed by atoms with E-state index in [4.69, 9.17) is 0 Å². The number of hydrogen-bond donors (Lipinski definition) is 2. The van der Waals surface area contributed by atoms with Crippen LogP contribution in [-0.4, -0.2) is 37.9 Å². The maximum Gasteiger partial charge on any atom is 0.243 e. The van der Waals surface area contributed by atoms with Gasteiger partial charge in [-0.3, -0.25) is 14.3 Å². The van der Waals surface area contributed by atoms with Gasteiger partial charge in [-0.1, -0.05) is 0 Å². The summed E-state index contributed by atoms with van der Waals surface area (Å²) in [5.41, 5.74) is 1.57. The Kier molecular flexibility index (Phi) is 5.76. The first-order valence-electron chi connectivity index (χ1n) is 8.35. The van der Waals surface area contributed by atoms with Crippen LogP contribution in [0.4, 0.5) is 5.69 Å². The first-order chi connectivity index (χ1) is 12.7. The molecule has 0 aliphatic carbocycles. The Balaban J connectivity index is 1.37. The first-order valence-corrected chi connectivity index (χ1v) is 8.35. The number of aromatic nitrogens is 4. The van der Waals surface area contributed by atoms with E-state index in [1.807, 2.05) is 36.7 Å². The van der Waals surface area contributed by atoms with Crippen LogP contribution >= 0.6 is 0 Å². The minimum Gasteiger partial charge on any atom is -0.347 e. The molecule has 0 radical (unpaired) electrons.